The maximum atomic E-state index is 7.03. The SMILES string of the molecule is C=C[C@H](CO[Si](C)(C)C(C)(C)C)[C@H](O[Si](C)(C)C(C)(C)C)[C@H]1O[C@@H]1[C@@H](C)COCc1ccc(OC)cc1. The van der Waals surface area contributed by atoms with Crippen molar-refractivity contribution < 1.29 is 23.1 Å². The van der Waals surface area contributed by atoms with Crippen LogP contribution in [0.3, 0.4) is 0 Å². The first-order valence-electron chi connectivity index (χ1n) is 13.7. The molecule has 0 aliphatic carbocycles. The van der Waals surface area contributed by atoms with Gasteiger partial charge in [-0.3, -0.25) is 0 Å². The van der Waals surface area contributed by atoms with Crippen molar-refractivity contribution in [1.29, 1.82) is 0 Å². The summed E-state index contributed by atoms with van der Waals surface area (Å²) in [6.07, 6.45) is 2.09. The second-order valence-corrected chi connectivity index (χ2v) is 23.3. The van der Waals surface area contributed by atoms with E-state index < -0.39 is 16.6 Å². The molecule has 37 heavy (non-hydrogen) atoms. The lowest BCUT2D eigenvalue weighted by Gasteiger charge is -2.42. The van der Waals surface area contributed by atoms with Crippen molar-refractivity contribution in [2.45, 2.75) is 110 Å². The zero-order chi connectivity index (χ0) is 28.2. The highest BCUT2D eigenvalue weighted by atomic mass is 28.4. The van der Waals surface area contributed by atoms with Gasteiger partial charge in [0.05, 0.1) is 32.5 Å². The summed E-state index contributed by atoms with van der Waals surface area (Å²) < 4.78 is 31.3. The molecule has 2 rings (SSSR count). The number of benzene rings is 1. The lowest BCUT2D eigenvalue weighted by Crippen LogP contribution is -2.49. The van der Waals surface area contributed by atoms with Crippen molar-refractivity contribution in [2.75, 3.05) is 20.3 Å². The van der Waals surface area contributed by atoms with Crippen molar-refractivity contribution >= 4 is 16.6 Å². The fraction of sp³-hybridized carbons (Fsp3) is 0.733. The maximum Gasteiger partial charge on any atom is 0.192 e. The zero-order valence-electron chi connectivity index (χ0n) is 25.6. The Hall–Kier alpha value is -0.966. The average Bonchev–Trinajstić information content (AvgIpc) is 3.58. The quantitative estimate of drug-likeness (QED) is 0.134. The number of hydrogen-bond donors (Lipinski definition) is 0. The summed E-state index contributed by atoms with van der Waals surface area (Å²) in [4.78, 5) is 0. The highest BCUT2D eigenvalue weighted by Gasteiger charge is 2.53. The van der Waals surface area contributed by atoms with E-state index in [0.29, 0.717) is 19.8 Å². The summed E-state index contributed by atoms with van der Waals surface area (Å²) in [6, 6.07) is 8.01. The van der Waals surface area contributed by atoms with Gasteiger partial charge >= 0.3 is 0 Å². The molecule has 0 saturated carbocycles. The van der Waals surface area contributed by atoms with Gasteiger partial charge in [-0.1, -0.05) is 66.7 Å². The van der Waals surface area contributed by atoms with E-state index in [2.05, 4.69) is 81.2 Å². The summed E-state index contributed by atoms with van der Waals surface area (Å²) in [7, 11) is -2.25. The minimum Gasteiger partial charge on any atom is -0.497 e. The minimum atomic E-state index is -2.04. The first-order valence-corrected chi connectivity index (χ1v) is 19.6. The summed E-state index contributed by atoms with van der Waals surface area (Å²) in [5, 5.41) is 0.262. The second-order valence-electron chi connectivity index (χ2n) is 13.7. The molecule has 1 saturated heterocycles. The molecule has 1 aromatic carbocycles. The topological polar surface area (TPSA) is 49.5 Å². The molecule has 5 atom stereocenters. The number of hydrogen-bond acceptors (Lipinski definition) is 5. The summed E-state index contributed by atoms with van der Waals surface area (Å²) in [5.74, 6) is 1.19. The van der Waals surface area contributed by atoms with Crippen molar-refractivity contribution in [1.82, 2.24) is 0 Å². The number of methoxy groups -OCH3 is 1. The Balaban J connectivity index is 2.08. The number of epoxide rings is 1. The Morgan fingerprint density at radius 2 is 1.49 bits per heavy atom. The van der Waals surface area contributed by atoms with Gasteiger partial charge in [0.1, 0.15) is 11.9 Å². The highest BCUT2D eigenvalue weighted by molar-refractivity contribution is 6.74. The molecule has 0 radical (unpaired) electrons. The lowest BCUT2D eigenvalue weighted by atomic mass is 9.95. The van der Waals surface area contributed by atoms with Gasteiger partial charge in [0.25, 0.3) is 0 Å². The van der Waals surface area contributed by atoms with Crippen LogP contribution in [-0.2, 0) is 24.9 Å². The molecule has 0 N–H and O–H groups in total. The van der Waals surface area contributed by atoms with Crippen molar-refractivity contribution in [3.05, 3.63) is 42.5 Å². The lowest BCUT2D eigenvalue weighted by molar-refractivity contribution is 0.0776. The Bertz CT molecular complexity index is 854. The van der Waals surface area contributed by atoms with Gasteiger partial charge in [0, 0.05) is 18.4 Å². The summed E-state index contributed by atoms with van der Waals surface area (Å²) in [5.41, 5.74) is 1.13. The van der Waals surface area contributed by atoms with E-state index in [-0.39, 0.29) is 40.2 Å². The monoisotopic (exact) mass is 550 g/mol. The van der Waals surface area contributed by atoms with Gasteiger partial charge in [-0.25, -0.2) is 0 Å². The molecule has 1 aromatic rings. The molecule has 0 bridgehead atoms. The Kier molecular flexibility index (Phi) is 10.9. The molecule has 0 unspecified atom stereocenters. The standard InChI is InChI=1S/C30H54O5Si2/c1-14-24(21-33-36(10,11)29(3,4)5)27(35-37(12,13)30(6,7)8)28-26(34-28)22(2)19-32-20-23-15-17-25(31-9)18-16-23/h14-18,22,24,26-28H,1,19-21H2,2-13H3/t22-,24+,26+,27-,28-/m0/s1. The fourth-order valence-corrected chi connectivity index (χ4v) is 6.16. The van der Waals surface area contributed by atoms with E-state index in [1.54, 1.807) is 7.11 Å². The summed E-state index contributed by atoms with van der Waals surface area (Å²) in [6.45, 7) is 31.1. The maximum absolute atomic E-state index is 7.03. The van der Waals surface area contributed by atoms with Crippen LogP contribution in [0.1, 0.15) is 54.0 Å². The molecular formula is C30H54O5Si2. The van der Waals surface area contributed by atoms with Crippen LogP contribution in [0.4, 0.5) is 0 Å². The molecule has 7 heteroatoms. The largest absolute Gasteiger partial charge is 0.497 e. The van der Waals surface area contributed by atoms with Gasteiger partial charge in [-0.2, -0.15) is 0 Å². The van der Waals surface area contributed by atoms with Crippen LogP contribution in [0.5, 0.6) is 5.75 Å². The van der Waals surface area contributed by atoms with E-state index in [1.165, 1.54) is 0 Å². The Morgan fingerprint density at radius 1 is 0.919 bits per heavy atom. The van der Waals surface area contributed by atoms with E-state index in [0.717, 1.165) is 11.3 Å². The van der Waals surface area contributed by atoms with Gasteiger partial charge in [-0.15, -0.1) is 6.58 Å². The predicted octanol–water partition coefficient (Wildman–Crippen LogP) is 7.83. The normalized spacial score (nSPS) is 21.3. The third-order valence-corrected chi connectivity index (χ3v) is 17.6. The molecular weight excluding hydrogens is 496 g/mol. The number of ether oxygens (including phenoxy) is 3. The second kappa shape index (κ2) is 12.5. The van der Waals surface area contributed by atoms with Crippen LogP contribution in [0.2, 0.25) is 36.3 Å². The predicted molar refractivity (Wildman–Crippen MR) is 159 cm³/mol. The van der Waals surface area contributed by atoms with Crippen LogP contribution >= 0.6 is 0 Å². The van der Waals surface area contributed by atoms with Crippen LogP contribution in [-0.4, -0.2) is 55.3 Å². The van der Waals surface area contributed by atoms with E-state index >= 15 is 0 Å². The Morgan fingerprint density at radius 3 is 1.97 bits per heavy atom. The smallest absolute Gasteiger partial charge is 0.192 e. The molecule has 0 amide bonds. The van der Waals surface area contributed by atoms with E-state index in [9.17, 15) is 0 Å². The van der Waals surface area contributed by atoms with Crippen LogP contribution in [0.15, 0.2) is 36.9 Å². The molecule has 1 aliphatic rings. The molecule has 1 aliphatic heterocycles. The van der Waals surface area contributed by atoms with Gasteiger partial charge in [-0.05, 0) is 54.0 Å². The van der Waals surface area contributed by atoms with Gasteiger partial charge in [0.2, 0.25) is 0 Å². The van der Waals surface area contributed by atoms with Crippen molar-refractivity contribution in [2.24, 2.45) is 11.8 Å². The van der Waals surface area contributed by atoms with Crippen LogP contribution < -0.4 is 4.74 Å². The molecule has 212 valence electrons. The van der Waals surface area contributed by atoms with Gasteiger partial charge < -0.3 is 23.1 Å². The average molecular weight is 551 g/mol. The van der Waals surface area contributed by atoms with Crippen LogP contribution in [0, 0.1) is 11.8 Å². The van der Waals surface area contributed by atoms with E-state index in [4.69, 9.17) is 23.1 Å². The van der Waals surface area contributed by atoms with Crippen LogP contribution in [0.25, 0.3) is 0 Å². The minimum absolute atomic E-state index is 0.0275. The van der Waals surface area contributed by atoms with Crippen molar-refractivity contribution in [3.63, 3.8) is 0 Å². The fourth-order valence-electron chi connectivity index (χ4n) is 3.77. The van der Waals surface area contributed by atoms with Crippen molar-refractivity contribution in [3.8, 4) is 5.75 Å². The molecule has 0 aromatic heterocycles. The first kappa shape index (κ1) is 32.2. The Labute approximate surface area is 229 Å². The highest BCUT2D eigenvalue weighted by Crippen LogP contribution is 2.44. The third-order valence-electron chi connectivity index (χ3n) is 8.66. The molecule has 0 spiro atoms. The first-order chi connectivity index (χ1) is 16.9. The van der Waals surface area contributed by atoms with Gasteiger partial charge in [0.15, 0.2) is 16.6 Å². The molecule has 1 heterocycles. The summed E-state index contributed by atoms with van der Waals surface area (Å²) >= 11 is 0. The zero-order valence-corrected chi connectivity index (χ0v) is 27.6. The van der Waals surface area contributed by atoms with E-state index in [1.807, 2.05) is 30.3 Å². The number of rotatable bonds is 14. The third kappa shape index (κ3) is 8.77. The molecule has 1 fully saturated rings. The molecule has 5 nitrogen and oxygen atoms in total.